The van der Waals surface area contributed by atoms with E-state index >= 15 is 0 Å². The second kappa shape index (κ2) is 21.8. The second-order valence-corrected chi connectivity index (χ2v) is 7.19. The van der Waals surface area contributed by atoms with Gasteiger partial charge in [0, 0.05) is 17.5 Å². The van der Waals surface area contributed by atoms with Gasteiger partial charge in [0.25, 0.3) is 0 Å². The number of carboxylic acid groups (broad SMARTS) is 1. The van der Waals surface area contributed by atoms with Gasteiger partial charge in [0.05, 0.1) is 12.5 Å². The Balaban J connectivity index is 0. The monoisotopic (exact) mass is 420 g/mol. The molecule has 0 aromatic heterocycles. The first-order valence-electron chi connectivity index (χ1n) is 12.2. The maximum atomic E-state index is 11.9. The molecule has 0 rings (SSSR count). The van der Waals surface area contributed by atoms with E-state index in [9.17, 15) is 14.7 Å². The fraction of sp³-hybridized carbons (Fsp3) is 0.773. The van der Waals surface area contributed by atoms with E-state index in [4.69, 9.17) is 9.52 Å². The van der Waals surface area contributed by atoms with Crippen LogP contribution in [0.1, 0.15) is 101 Å². The molecule has 0 saturated carbocycles. The molecule has 0 radical (unpaired) electrons. The number of unbranched alkanes of at least 4 members (excludes halogenated alkanes) is 11. The van der Waals surface area contributed by atoms with Crippen LogP contribution in [0.3, 0.4) is 0 Å². The predicted octanol–water partition coefficient (Wildman–Crippen LogP) is 0.761. The summed E-state index contributed by atoms with van der Waals surface area (Å²) in [5, 5.41) is 20.5. The number of amides is 1. The third-order valence-corrected chi connectivity index (χ3v) is 4.48. The number of guanidine groups is 1. The van der Waals surface area contributed by atoms with Crippen molar-refractivity contribution in [3.8, 4) is 0 Å². The molecule has 0 aliphatic carbocycles. The van der Waals surface area contributed by atoms with Crippen molar-refractivity contribution in [1.82, 2.24) is 10.2 Å². The number of hydrogen-bond acceptors (Lipinski definition) is 4. The number of nitrogens with one attached hydrogen (secondary N) is 2. The van der Waals surface area contributed by atoms with Gasteiger partial charge in [0.15, 0.2) is 5.96 Å². The zero-order valence-electron chi connectivity index (χ0n) is 21.4. The van der Waals surface area contributed by atoms with Gasteiger partial charge in [-0.3, -0.25) is 15.5 Å². The smallest absolute Gasteiger partial charge is 0.548 e. The summed E-state index contributed by atoms with van der Waals surface area (Å²) >= 11 is 0. The number of likely N-dealkylation sites (N-methyl/N-ethyl adjacent to an activating group) is 1. The van der Waals surface area contributed by atoms with Crippen LogP contribution in [0.2, 0.25) is 0 Å². The fourth-order valence-corrected chi connectivity index (χ4v) is 2.83. The largest absolute Gasteiger partial charge is 1.00 e. The van der Waals surface area contributed by atoms with Gasteiger partial charge in [-0.1, -0.05) is 70.4 Å². The molecule has 0 atom stereocenters. The topological polar surface area (TPSA) is 96.3 Å². The van der Waals surface area contributed by atoms with E-state index in [1.165, 1.54) is 44.9 Å². The molecule has 2 N–H and O–H groups in total. The molecule has 0 aliphatic heterocycles. The molecule has 29 heavy (non-hydrogen) atoms. The Kier molecular flexibility index (Phi) is 18.4. The van der Waals surface area contributed by atoms with Crippen molar-refractivity contribution in [2.75, 3.05) is 13.5 Å². The second-order valence-electron chi connectivity index (χ2n) is 7.19. The Morgan fingerprint density at radius 1 is 0.966 bits per heavy atom. The van der Waals surface area contributed by atoms with E-state index in [0.717, 1.165) is 32.1 Å². The molecular weight excluding hydrogens is 377 g/mol. The zero-order chi connectivity index (χ0) is 23.5. The van der Waals surface area contributed by atoms with Crippen LogP contribution in [0.15, 0.2) is 12.2 Å². The summed E-state index contributed by atoms with van der Waals surface area (Å²) < 4.78 is 21.8. The van der Waals surface area contributed by atoms with Gasteiger partial charge < -0.3 is 14.8 Å². The van der Waals surface area contributed by atoms with Gasteiger partial charge in [-0.05, 0) is 32.1 Å². The maximum absolute atomic E-state index is 11.9. The first-order valence-corrected chi connectivity index (χ1v) is 10.7. The molecule has 6 nitrogen and oxygen atoms in total. The molecule has 162 valence electrons. The van der Waals surface area contributed by atoms with Crippen molar-refractivity contribution in [3.63, 3.8) is 0 Å². The number of allylic oxidation sites excluding steroid dienone is 2. The fourth-order valence-electron chi connectivity index (χ4n) is 2.83. The Morgan fingerprint density at radius 3 is 2.00 bits per heavy atom. The molecule has 0 saturated heterocycles. The molecule has 0 fully saturated rings. The molecule has 7 heteroatoms. The minimum atomic E-state index is -2.84. The van der Waals surface area contributed by atoms with Crippen molar-refractivity contribution >= 4 is 17.8 Å². The number of carbonyl (C=O) groups excluding carboxylic acids is 2. The summed E-state index contributed by atoms with van der Waals surface area (Å²) in [6, 6.07) is 0. The molecular formula is C22H40N3NaO3. The maximum Gasteiger partial charge on any atom is 1.00 e. The number of rotatable bonds is 17. The quantitative estimate of drug-likeness (QED) is 0.119. The van der Waals surface area contributed by atoms with Gasteiger partial charge >= 0.3 is 29.6 Å². The molecule has 0 aromatic carbocycles. The van der Waals surface area contributed by atoms with E-state index in [-0.39, 0.29) is 36.0 Å². The van der Waals surface area contributed by atoms with Crippen LogP contribution in [0.4, 0.5) is 0 Å². The van der Waals surface area contributed by atoms with Crippen molar-refractivity contribution in [2.24, 2.45) is 0 Å². The van der Waals surface area contributed by atoms with E-state index in [0.29, 0.717) is 11.3 Å². The Morgan fingerprint density at radius 2 is 1.48 bits per heavy atom. The molecule has 0 aliphatic rings. The van der Waals surface area contributed by atoms with E-state index in [2.05, 4.69) is 24.4 Å². The standard InChI is InChI=1S/C22H41N3O3.Na/c1-3-4-5-6-7-8-9-10-11-12-13-14-15-16-17-18-20(26)24-22(23)25(2)19-21(27)28;/h10-11H,3-9,12-19H2,1-2H3,(H,27,28)(H2,23,24,26);/q;+1/p-1/b11-10-;/i2D3;. The van der Waals surface area contributed by atoms with Crippen molar-refractivity contribution in [1.29, 1.82) is 5.41 Å². The zero-order valence-corrected chi connectivity index (χ0v) is 20.4. The summed E-state index contributed by atoms with van der Waals surface area (Å²) in [6.45, 7) is -1.59. The number of carbonyl (C=O) groups is 2. The van der Waals surface area contributed by atoms with Gasteiger partial charge in [0.1, 0.15) is 0 Å². The average Bonchev–Trinajstić information content (AvgIpc) is 2.68. The number of nitrogens with zero attached hydrogens (tertiary/aromatic N) is 1. The first-order chi connectivity index (χ1) is 14.7. The third-order valence-electron chi connectivity index (χ3n) is 4.48. The van der Waals surface area contributed by atoms with Gasteiger partial charge in [0.2, 0.25) is 5.91 Å². The third kappa shape index (κ3) is 21.7. The summed E-state index contributed by atoms with van der Waals surface area (Å²) in [5.74, 6) is -2.87. The molecule has 0 bridgehead atoms. The summed E-state index contributed by atoms with van der Waals surface area (Å²) in [7, 11) is 0. The van der Waals surface area contributed by atoms with Crippen LogP contribution < -0.4 is 40.0 Å². The number of aliphatic carboxylic acids is 1. The minimum Gasteiger partial charge on any atom is -0.548 e. The van der Waals surface area contributed by atoms with Crippen LogP contribution in [0.25, 0.3) is 0 Å². The summed E-state index contributed by atoms with van der Waals surface area (Å²) in [4.78, 5) is 22.8. The Bertz CT molecular complexity index is 558. The van der Waals surface area contributed by atoms with Gasteiger partial charge in [-0.15, -0.1) is 0 Å². The molecule has 0 unspecified atom stereocenters. The molecule has 1 amide bonds. The predicted molar refractivity (Wildman–Crippen MR) is 113 cm³/mol. The minimum absolute atomic E-state index is 0. The van der Waals surface area contributed by atoms with Gasteiger partial charge in [-0.25, -0.2) is 0 Å². The summed E-state index contributed by atoms with van der Waals surface area (Å²) in [5.41, 5.74) is 0. The summed E-state index contributed by atoms with van der Waals surface area (Å²) in [6.07, 6.45) is 19.6. The van der Waals surface area contributed by atoms with Crippen LogP contribution in [0, 0.1) is 5.41 Å². The molecule has 0 spiro atoms. The van der Waals surface area contributed by atoms with Crippen molar-refractivity contribution in [2.45, 2.75) is 96.8 Å². The van der Waals surface area contributed by atoms with Crippen LogP contribution in [-0.4, -0.2) is 36.3 Å². The van der Waals surface area contributed by atoms with Crippen LogP contribution in [-0.2, 0) is 9.59 Å². The van der Waals surface area contributed by atoms with Crippen molar-refractivity contribution in [3.05, 3.63) is 12.2 Å². The Labute approximate surface area is 203 Å². The SMILES string of the molecule is [2H]C([2H])([2H])N(CC(=O)[O-])C(=N)NC(=O)CCCCCCC/C=C\CCCCCCCC.[Na+]. The molecule has 0 aromatic rings. The van der Waals surface area contributed by atoms with Crippen LogP contribution >= 0.6 is 0 Å². The molecule has 0 heterocycles. The van der Waals surface area contributed by atoms with Crippen LogP contribution in [0.5, 0.6) is 0 Å². The number of hydrogen-bond donors (Lipinski definition) is 2. The average molecular weight is 421 g/mol. The van der Waals surface area contributed by atoms with Gasteiger partial charge in [-0.2, -0.15) is 0 Å². The van der Waals surface area contributed by atoms with Crippen molar-refractivity contribution < 1.29 is 48.4 Å². The van der Waals surface area contributed by atoms with E-state index < -0.39 is 31.4 Å². The Hall–Kier alpha value is -0.850. The normalized spacial score (nSPS) is 12.5. The van der Waals surface area contributed by atoms with E-state index in [1.54, 1.807) is 0 Å². The van der Waals surface area contributed by atoms with E-state index in [1.807, 2.05) is 0 Å². The first kappa shape index (κ1) is 24.4. The number of carboxylic acids is 1.